The van der Waals surface area contributed by atoms with Crippen molar-refractivity contribution in [3.8, 4) is 0 Å². The predicted octanol–water partition coefficient (Wildman–Crippen LogP) is 2.34. The van der Waals surface area contributed by atoms with E-state index in [4.69, 9.17) is 14.2 Å². The molecule has 34 heavy (non-hydrogen) atoms. The number of hydrogen-bond acceptors (Lipinski definition) is 7. The first kappa shape index (κ1) is 24.2. The standard InChI is InChI=1S/C25H32F2O7/c1-21(2)33-18-10-13-14-9-16(26)15-8-12(28)6-7-22(15,3)24(14,27)17(29)11-23(13,4)25(18,34-21)19(30)20(31)32-5/h6-8,13-14,16-18,20,29,31H,9-11H2,1-5H3/t13-,14-,16-,17-,18+,20?,22-,23-,24-,25-/m0/s1. The van der Waals surface area contributed by atoms with Crippen LogP contribution in [0.2, 0.25) is 0 Å². The number of rotatable bonds is 3. The SMILES string of the molecule is COC(O)C(=O)[C@@]12OC(C)(C)O[C@@H]1C[C@H]1[C@@H]3C[C@H](F)C4=CC(=O)C=C[C@]4(C)[C@@]3(F)[C@@H](O)C[C@@]12C. The summed E-state index contributed by atoms with van der Waals surface area (Å²) in [6, 6.07) is 0. The molecule has 10 atom stereocenters. The molecule has 0 amide bonds. The Balaban J connectivity index is 1.66. The van der Waals surface area contributed by atoms with Crippen LogP contribution in [0.25, 0.3) is 0 Å². The number of aliphatic hydroxyl groups excluding tert-OH is 2. The van der Waals surface area contributed by atoms with Crippen molar-refractivity contribution in [1.82, 2.24) is 0 Å². The van der Waals surface area contributed by atoms with E-state index in [1.807, 2.05) is 0 Å². The van der Waals surface area contributed by atoms with Gasteiger partial charge in [0.05, 0.1) is 12.2 Å². The lowest BCUT2D eigenvalue weighted by molar-refractivity contribution is -0.253. The van der Waals surface area contributed by atoms with E-state index in [2.05, 4.69) is 0 Å². The second-order valence-corrected chi connectivity index (χ2v) is 11.4. The molecule has 5 rings (SSSR count). The number of Topliss-reactive ketones (excluding diaryl/α,β-unsaturated/α-hetero) is 1. The van der Waals surface area contributed by atoms with Crippen molar-refractivity contribution in [1.29, 1.82) is 0 Å². The Morgan fingerprint density at radius 1 is 1.24 bits per heavy atom. The highest BCUT2D eigenvalue weighted by Crippen LogP contribution is 2.72. The first-order chi connectivity index (χ1) is 15.7. The number of fused-ring (bicyclic) bond motifs is 7. The zero-order valence-corrected chi connectivity index (χ0v) is 20.0. The molecular weight excluding hydrogens is 450 g/mol. The summed E-state index contributed by atoms with van der Waals surface area (Å²) in [6.07, 6.45) is -2.31. The van der Waals surface area contributed by atoms with E-state index in [0.717, 1.165) is 6.08 Å². The first-order valence-corrected chi connectivity index (χ1v) is 11.8. The molecule has 1 heterocycles. The Kier molecular flexibility index (Phi) is 5.00. The molecule has 0 radical (unpaired) electrons. The van der Waals surface area contributed by atoms with E-state index in [1.54, 1.807) is 20.8 Å². The van der Waals surface area contributed by atoms with Gasteiger partial charge in [0.15, 0.2) is 22.8 Å². The average Bonchev–Trinajstić information content (AvgIpc) is 3.16. The van der Waals surface area contributed by atoms with E-state index in [1.165, 1.54) is 26.2 Å². The van der Waals surface area contributed by atoms with Crippen molar-refractivity contribution in [3.63, 3.8) is 0 Å². The van der Waals surface area contributed by atoms with Gasteiger partial charge in [0.1, 0.15) is 6.17 Å². The van der Waals surface area contributed by atoms with Crippen molar-refractivity contribution < 1.29 is 42.8 Å². The van der Waals surface area contributed by atoms with Crippen molar-refractivity contribution >= 4 is 11.6 Å². The topological polar surface area (TPSA) is 102 Å². The zero-order chi connectivity index (χ0) is 25.1. The van der Waals surface area contributed by atoms with Crippen molar-refractivity contribution in [2.45, 2.75) is 88.7 Å². The Bertz CT molecular complexity index is 1010. The summed E-state index contributed by atoms with van der Waals surface area (Å²) >= 11 is 0. The number of methoxy groups -OCH3 is 1. The van der Waals surface area contributed by atoms with Crippen molar-refractivity contribution in [2.75, 3.05) is 7.11 Å². The predicted molar refractivity (Wildman–Crippen MR) is 115 cm³/mol. The summed E-state index contributed by atoms with van der Waals surface area (Å²) in [5, 5.41) is 21.8. The summed E-state index contributed by atoms with van der Waals surface area (Å²) < 4.78 is 50.1. The molecule has 1 saturated heterocycles. The fourth-order valence-electron chi connectivity index (χ4n) is 8.03. The summed E-state index contributed by atoms with van der Waals surface area (Å²) in [5.41, 5.74) is -6.64. The van der Waals surface area contributed by atoms with Crippen LogP contribution in [0.15, 0.2) is 23.8 Å². The summed E-state index contributed by atoms with van der Waals surface area (Å²) in [7, 11) is 1.19. The number of alkyl halides is 2. The molecule has 0 aromatic rings. The van der Waals surface area contributed by atoms with Crippen LogP contribution in [0.4, 0.5) is 8.78 Å². The van der Waals surface area contributed by atoms with Crippen LogP contribution in [-0.4, -0.2) is 70.6 Å². The largest absolute Gasteiger partial charge is 0.390 e. The number of halogens is 2. The Morgan fingerprint density at radius 2 is 1.91 bits per heavy atom. The normalized spacial score (nSPS) is 51.7. The molecule has 0 aromatic carbocycles. The molecule has 0 aromatic heterocycles. The fraction of sp³-hybridized carbons (Fsp3) is 0.760. The maximum Gasteiger partial charge on any atom is 0.223 e. The molecule has 2 N–H and O–H groups in total. The third-order valence-corrected chi connectivity index (χ3v) is 9.44. The van der Waals surface area contributed by atoms with E-state index >= 15 is 8.78 Å². The molecule has 4 fully saturated rings. The quantitative estimate of drug-likeness (QED) is 0.596. The van der Waals surface area contributed by atoms with Gasteiger partial charge in [-0.1, -0.05) is 13.0 Å². The van der Waals surface area contributed by atoms with Crippen LogP contribution in [0, 0.1) is 22.7 Å². The van der Waals surface area contributed by atoms with Gasteiger partial charge in [-0.15, -0.1) is 0 Å². The second kappa shape index (κ2) is 7.03. The van der Waals surface area contributed by atoms with Gasteiger partial charge in [-0.25, -0.2) is 8.78 Å². The van der Waals surface area contributed by atoms with E-state index in [9.17, 15) is 19.8 Å². The molecule has 3 saturated carbocycles. The second-order valence-electron chi connectivity index (χ2n) is 11.4. The molecule has 4 aliphatic carbocycles. The van der Waals surface area contributed by atoms with Crippen LogP contribution < -0.4 is 0 Å². The van der Waals surface area contributed by atoms with Gasteiger partial charge >= 0.3 is 0 Å². The zero-order valence-electron chi connectivity index (χ0n) is 20.0. The number of allylic oxidation sites excluding steroid dienone is 4. The van der Waals surface area contributed by atoms with Crippen LogP contribution >= 0.6 is 0 Å². The van der Waals surface area contributed by atoms with Crippen LogP contribution in [0.3, 0.4) is 0 Å². The summed E-state index contributed by atoms with van der Waals surface area (Å²) in [5.74, 6) is -3.92. The maximum absolute atomic E-state index is 17.3. The number of carbonyl (C=O) groups is 2. The van der Waals surface area contributed by atoms with Crippen LogP contribution in [0.1, 0.15) is 47.0 Å². The Morgan fingerprint density at radius 3 is 2.56 bits per heavy atom. The van der Waals surface area contributed by atoms with E-state index in [0.29, 0.717) is 0 Å². The van der Waals surface area contributed by atoms with Crippen molar-refractivity contribution in [2.24, 2.45) is 22.7 Å². The molecule has 0 spiro atoms. The number of carbonyl (C=O) groups excluding carboxylic acids is 2. The van der Waals surface area contributed by atoms with E-state index in [-0.39, 0.29) is 24.8 Å². The Hall–Kier alpha value is -1.52. The highest BCUT2D eigenvalue weighted by Gasteiger charge is 2.81. The lowest BCUT2D eigenvalue weighted by Crippen LogP contribution is -2.71. The molecule has 9 heteroatoms. The highest BCUT2D eigenvalue weighted by atomic mass is 19.1. The number of hydrogen-bond donors (Lipinski definition) is 2. The van der Waals surface area contributed by atoms with Gasteiger partial charge in [0, 0.05) is 23.9 Å². The molecule has 0 bridgehead atoms. The highest BCUT2D eigenvalue weighted by molar-refractivity contribution is 6.01. The van der Waals surface area contributed by atoms with Gasteiger partial charge in [-0.05, 0) is 63.7 Å². The first-order valence-electron chi connectivity index (χ1n) is 11.8. The molecule has 1 unspecified atom stereocenters. The maximum atomic E-state index is 17.3. The molecule has 5 aliphatic rings. The summed E-state index contributed by atoms with van der Waals surface area (Å²) in [4.78, 5) is 25.5. The van der Waals surface area contributed by atoms with Gasteiger partial charge in [0.25, 0.3) is 0 Å². The van der Waals surface area contributed by atoms with Gasteiger partial charge in [0.2, 0.25) is 12.1 Å². The third kappa shape index (κ3) is 2.62. The lowest BCUT2D eigenvalue weighted by Gasteiger charge is -2.63. The molecule has 1 aliphatic heterocycles. The third-order valence-electron chi connectivity index (χ3n) is 9.44. The number of ketones is 2. The minimum Gasteiger partial charge on any atom is -0.390 e. The minimum atomic E-state index is -2.28. The lowest BCUT2D eigenvalue weighted by atomic mass is 9.44. The van der Waals surface area contributed by atoms with Gasteiger partial charge < -0.3 is 24.4 Å². The summed E-state index contributed by atoms with van der Waals surface area (Å²) in [6.45, 7) is 6.55. The number of aliphatic hydroxyl groups is 2. The minimum absolute atomic E-state index is 0.0359. The van der Waals surface area contributed by atoms with Crippen LogP contribution in [0.5, 0.6) is 0 Å². The van der Waals surface area contributed by atoms with Crippen LogP contribution in [-0.2, 0) is 23.8 Å². The van der Waals surface area contributed by atoms with Gasteiger partial charge in [-0.3, -0.25) is 9.59 Å². The number of ether oxygens (including phenoxy) is 3. The molecule has 7 nitrogen and oxygen atoms in total. The molecule has 188 valence electrons. The average molecular weight is 483 g/mol. The van der Waals surface area contributed by atoms with Crippen molar-refractivity contribution in [3.05, 3.63) is 23.8 Å². The molecular formula is C25H32F2O7. The Labute approximate surface area is 197 Å². The van der Waals surface area contributed by atoms with E-state index < -0.39 is 76.0 Å². The smallest absolute Gasteiger partial charge is 0.223 e. The fourth-order valence-corrected chi connectivity index (χ4v) is 8.03. The van der Waals surface area contributed by atoms with Gasteiger partial charge in [-0.2, -0.15) is 0 Å². The monoisotopic (exact) mass is 482 g/mol.